The first-order valence-corrected chi connectivity index (χ1v) is 5.85. The Morgan fingerprint density at radius 3 is 2.67 bits per heavy atom. The number of guanidine groups is 1. The molecule has 104 valence electrons. The van der Waals surface area contributed by atoms with Crippen molar-refractivity contribution in [2.45, 2.75) is 26.7 Å². The minimum atomic E-state index is -0.177. The summed E-state index contributed by atoms with van der Waals surface area (Å²) in [6, 6.07) is 0. The highest BCUT2D eigenvalue weighted by molar-refractivity contribution is 14.0. The van der Waals surface area contributed by atoms with Crippen molar-refractivity contribution in [3.05, 3.63) is 0 Å². The second kappa shape index (κ2) is 14.1. The summed E-state index contributed by atoms with van der Waals surface area (Å²) in [5.74, 6) is 2.97. The lowest BCUT2D eigenvalue weighted by molar-refractivity contribution is -0.143. The predicted molar refractivity (Wildman–Crippen MR) is 84.1 cm³/mol. The third kappa shape index (κ3) is 11.5. The summed E-state index contributed by atoms with van der Waals surface area (Å²) < 4.78 is 4.82. The van der Waals surface area contributed by atoms with Crippen molar-refractivity contribution in [3.63, 3.8) is 0 Å². The molecule has 0 aromatic rings. The Bertz CT molecular complexity index is 288. The molecule has 0 radical (unpaired) electrons. The molecular formula is C12H22IN3O2. The molecule has 0 unspecified atom stereocenters. The first-order chi connectivity index (χ1) is 8.24. The van der Waals surface area contributed by atoms with Crippen molar-refractivity contribution in [2.75, 3.05) is 26.2 Å². The number of hydrogen-bond acceptors (Lipinski definition) is 3. The fourth-order valence-corrected chi connectivity index (χ4v) is 1.12. The molecule has 6 heteroatoms. The van der Waals surface area contributed by atoms with Crippen LogP contribution in [0.1, 0.15) is 26.7 Å². The summed E-state index contributed by atoms with van der Waals surface area (Å²) in [5, 5.41) is 6.03. The third-order valence-corrected chi connectivity index (χ3v) is 1.82. The summed E-state index contributed by atoms with van der Waals surface area (Å²) in [4.78, 5) is 15.3. The van der Waals surface area contributed by atoms with Crippen LogP contribution in [0.25, 0.3) is 0 Å². The zero-order valence-corrected chi connectivity index (χ0v) is 13.3. The summed E-state index contributed by atoms with van der Waals surface area (Å²) >= 11 is 0. The van der Waals surface area contributed by atoms with Crippen LogP contribution in [-0.2, 0) is 9.53 Å². The molecule has 0 aliphatic carbocycles. The SMILES string of the molecule is C#CCNC(=NCCCC(=O)OCC)NCC.I. The van der Waals surface area contributed by atoms with Crippen molar-refractivity contribution in [1.82, 2.24) is 10.6 Å². The van der Waals surface area contributed by atoms with Gasteiger partial charge in [-0.05, 0) is 20.3 Å². The molecular weight excluding hydrogens is 345 g/mol. The topological polar surface area (TPSA) is 62.7 Å². The number of halogens is 1. The lowest BCUT2D eigenvalue weighted by Crippen LogP contribution is -2.37. The zero-order chi connectivity index (χ0) is 12.9. The number of hydrogen-bond donors (Lipinski definition) is 2. The standard InChI is InChI=1S/C12H21N3O2.HI/c1-4-9-14-12(13-5-2)15-10-7-8-11(16)17-6-3;/h1H,5-10H2,2-3H3,(H2,13,14,15);1H. The maximum Gasteiger partial charge on any atom is 0.305 e. The number of nitrogens with one attached hydrogen (secondary N) is 2. The Morgan fingerprint density at radius 1 is 1.39 bits per heavy atom. The molecule has 2 N–H and O–H groups in total. The van der Waals surface area contributed by atoms with Gasteiger partial charge in [-0.3, -0.25) is 9.79 Å². The number of rotatable bonds is 7. The van der Waals surface area contributed by atoms with Gasteiger partial charge in [0.1, 0.15) is 0 Å². The maximum atomic E-state index is 11.1. The monoisotopic (exact) mass is 367 g/mol. The average Bonchev–Trinajstić information content (AvgIpc) is 2.31. The number of carbonyl (C=O) groups excluding carboxylic acids is 1. The molecule has 0 rings (SSSR count). The minimum Gasteiger partial charge on any atom is -0.466 e. The van der Waals surface area contributed by atoms with Gasteiger partial charge in [0, 0.05) is 19.5 Å². The maximum absolute atomic E-state index is 11.1. The number of terminal acetylenes is 1. The van der Waals surface area contributed by atoms with Gasteiger partial charge >= 0.3 is 5.97 Å². The van der Waals surface area contributed by atoms with Crippen LogP contribution < -0.4 is 10.6 Å². The van der Waals surface area contributed by atoms with Gasteiger partial charge in [-0.25, -0.2) is 0 Å². The average molecular weight is 367 g/mol. The summed E-state index contributed by atoms with van der Waals surface area (Å²) in [5.41, 5.74) is 0. The van der Waals surface area contributed by atoms with Crippen LogP contribution in [0.15, 0.2) is 4.99 Å². The van der Waals surface area contributed by atoms with E-state index >= 15 is 0 Å². The number of aliphatic imine (C=N–C) groups is 1. The van der Waals surface area contributed by atoms with Gasteiger partial charge in [-0.1, -0.05) is 5.92 Å². The second-order valence-electron chi connectivity index (χ2n) is 3.23. The van der Waals surface area contributed by atoms with Crippen LogP contribution in [-0.4, -0.2) is 38.2 Å². The van der Waals surface area contributed by atoms with Gasteiger partial charge in [0.15, 0.2) is 5.96 Å². The summed E-state index contributed by atoms with van der Waals surface area (Å²) in [7, 11) is 0. The zero-order valence-electron chi connectivity index (χ0n) is 11.0. The highest BCUT2D eigenvalue weighted by Gasteiger charge is 2.00. The van der Waals surface area contributed by atoms with E-state index in [9.17, 15) is 4.79 Å². The van der Waals surface area contributed by atoms with E-state index < -0.39 is 0 Å². The Labute approximate surface area is 126 Å². The molecule has 0 aliphatic heterocycles. The van der Waals surface area contributed by atoms with E-state index in [0.717, 1.165) is 6.54 Å². The van der Waals surface area contributed by atoms with E-state index in [4.69, 9.17) is 11.2 Å². The Hall–Kier alpha value is -0.970. The van der Waals surface area contributed by atoms with Gasteiger partial charge in [0.25, 0.3) is 0 Å². The van der Waals surface area contributed by atoms with Crippen molar-refractivity contribution in [1.29, 1.82) is 0 Å². The lowest BCUT2D eigenvalue weighted by Gasteiger charge is -2.08. The van der Waals surface area contributed by atoms with Gasteiger partial charge in [0.2, 0.25) is 0 Å². The Kier molecular flexibility index (Phi) is 15.2. The van der Waals surface area contributed by atoms with Crippen LogP contribution in [0.4, 0.5) is 0 Å². The van der Waals surface area contributed by atoms with Gasteiger partial charge in [-0.2, -0.15) is 0 Å². The number of nitrogens with zero attached hydrogens (tertiary/aromatic N) is 1. The van der Waals surface area contributed by atoms with E-state index in [1.165, 1.54) is 0 Å². The van der Waals surface area contributed by atoms with E-state index in [-0.39, 0.29) is 29.9 Å². The quantitative estimate of drug-likeness (QED) is 0.177. The molecule has 0 heterocycles. The summed E-state index contributed by atoms with van der Waals surface area (Å²) in [6.07, 6.45) is 6.21. The van der Waals surface area contributed by atoms with Crippen LogP contribution >= 0.6 is 24.0 Å². The van der Waals surface area contributed by atoms with Gasteiger partial charge in [0.05, 0.1) is 13.2 Å². The third-order valence-electron chi connectivity index (χ3n) is 1.82. The second-order valence-corrected chi connectivity index (χ2v) is 3.23. The molecule has 0 saturated heterocycles. The van der Waals surface area contributed by atoms with E-state index in [0.29, 0.717) is 38.5 Å². The molecule has 0 aromatic carbocycles. The van der Waals surface area contributed by atoms with E-state index in [2.05, 4.69) is 21.5 Å². The molecule has 18 heavy (non-hydrogen) atoms. The van der Waals surface area contributed by atoms with E-state index in [1.807, 2.05) is 6.92 Å². The number of carbonyl (C=O) groups is 1. The fourth-order valence-electron chi connectivity index (χ4n) is 1.12. The highest BCUT2D eigenvalue weighted by atomic mass is 127. The van der Waals surface area contributed by atoms with Crippen LogP contribution in [0.3, 0.4) is 0 Å². The van der Waals surface area contributed by atoms with E-state index in [1.54, 1.807) is 6.92 Å². The number of ether oxygens (including phenoxy) is 1. The normalized spacial score (nSPS) is 9.94. The molecule has 0 atom stereocenters. The molecule has 0 saturated carbocycles. The molecule has 0 aliphatic rings. The highest BCUT2D eigenvalue weighted by Crippen LogP contribution is 1.93. The van der Waals surface area contributed by atoms with Crippen molar-refractivity contribution < 1.29 is 9.53 Å². The number of esters is 1. The van der Waals surface area contributed by atoms with Crippen LogP contribution in [0, 0.1) is 12.3 Å². The molecule has 0 bridgehead atoms. The van der Waals surface area contributed by atoms with Crippen molar-refractivity contribution >= 4 is 35.9 Å². The first kappa shape index (κ1) is 19.4. The van der Waals surface area contributed by atoms with Gasteiger partial charge in [-0.15, -0.1) is 30.4 Å². The fraction of sp³-hybridized carbons (Fsp3) is 0.667. The largest absolute Gasteiger partial charge is 0.466 e. The predicted octanol–water partition coefficient (Wildman–Crippen LogP) is 1.14. The summed E-state index contributed by atoms with van der Waals surface area (Å²) in [6.45, 7) is 5.97. The molecule has 0 spiro atoms. The van der Waals surface area contributed by atoms with Crippen LogP contribution in [0.2, 0.25) is 0 Å². The Balaban J connectivity index is 0. The smallest absolute Gasteiger partial charge is 0.305 e. The van der Waals surface area contributed by atoms with Gasteiger partial charge < -0.3 is 15.4 Å². The molecule has 0 aromatic heterocycles. The molecule has 5 nitrogen and oxygen atoms in total. The van der Waals surface area contributed by atoms with Crippen molar-refractivity contribution in [2.24, 2.45) is 4.99 Å². The molecule has 0 amide bonds. The first-order valence-electron chi connectivity index (χ1n) is 5.85. The van der Waals surface area contributed by atoms with Crippen LogP contribution in [0.5, 0.6) is 0 Å². The minimum absolute atomic E-state index is 0. The molecule has 0 fully saturated rings. The Morgan fingerprint density at radius 2 is 2.11 bits per heavy atom. The lowest BCUT2D eigenvalue weighted by atomic mass is 10.3. The van der Waals surface area contributed by atoms with Crippen molar-refractivity contribution in [3.8, 4) is 12.3 Å².